The number of esters is 1. The van der Waals surface area contributed by atoms with E-state index in [9.17, 15) is 14.4 Å². The van der Waals surface area contributed by atoms with Gasteiger partial charge in [-0.3, -0.25) is 14.4 Å². The first kappa shape index (κ1) is 19.2. The molecule has 0 spiro atoms. The first-order valence-electron chi connectivity index (χ1n) is 7.21. The number of carbonyl (C=O) groups excluding carboxylic acids is 3. The average molecular weight is 473 g/mol. The van der Waals surface area contributed by atoms with Gasteiger partial charge in [0.25, 0.3) is 5.91 Å². The van der Waals surface area contributed by atoms with Gasteiger partial charge in [-0.1, -0.05) is 0 Å². The van der Waals surface area contributed by atoms with Crippen LogP contribution in [-0.4, -0.2) is 29.9 Å². The largest absolute Gasteiger partial charge is 0.469 e. The summed E-state index contributed by atoms with van der Waals surface area (Å²) in [4.78, 5) is 37.7. The van der Waals surface area contributed by atoms with Crippen molar-refractivity contribution in [3.8, 4) is 0 Å². The van der Waals surface area contributed by atoms with E-state index >= 15 is 0 Å². The minimum Gasteiger partial charge on any atom is -0.469 e. The van der Waals surface area contributed by atoms with E-state index in [0.717, 1.165) is 4.47 Å². The van der Waals surface area contributed by atoms with Crippen molar-refractivity contribution in [1.29, 1.82) is 0 Å². The van der Waals surface area contributed by atoms with Crippen LogP contribution in [0.1, 0.15) is 23.3 Å². The summed E-state index contributed by atoms with van der Waals surface area (Å²) in [5.41, 5.74) is 1.55. The lowest BCUT2D eigenvalue weighted by atomic mass is 10.2. The Morgan fingerprint density at radius 3 is 2.16 bits per heavy atom. The molecule has 1 aromatic heterocycles. The van der Waals surface area contributed by atoms with Crippen molar-refractivity contribution in [3.63, 3.8) is 0 Å². The third-order valence-electron chi connectivity index (χ3n) is 3.18. The summed E-state index contributed by atoms with van der Waals surface area (Å²) in [6.07, 6.45) is 0.0689. The summed E-state index contributed by atoms with van der Waals surface area (Å²) in [5, 5.41) is 5.41. The summed E-state index contributed by atoms with van der Waals surface area (Å²) in [5.74, 6) is -1.01. The van der Waals surface area contributed by atoms with Crippen LogP contribution in [0.2, 0.25) is 0 Å². The Morgan fingerprint density at radius 1 is 1.04 bits per heavy atom. The number of aromatic amines is 1. The molecular formula is C16H15Br2N3O4. The molecule has 25 heavy (non-hydrogen) atoms. The molecular weight excluding hydrogens is 458 g/mol. The van der Waals surface area contributed by atoms with E-state index in [1.165, 1.54) is 7.11 Å². The zero-order chi connectivity index (χ0) is 18.4. The minimum absolute atomic E-state index is 0.0255. The van der Waals surface area contributed by atoms with Crippen LogP contribution in [0, 0.1) is 0 Å². The van der Waals surface area contributed by atoms with Crippen LogP contribution in [0.15, 0.2) is 39.4 Å². The fourth-order valence-electron chi connectivity index (χ4n) is 1.90. The molecule has 0 atom stereocenters. The van der Waals surface area contributed by atoms with Gasteiger partial charge in [-0.2, -0.15) is 0 Å². The molecule has 2 aromatic rings. The first-order chi connectivity index (χ1) is 11.9. The summed E-state index contributed by atoms with van der Waals surface area (Å²) in [6.45, 7) is 0. The van der Waals surface area contributed by atoms with Gasteiger partial charge in [0.05, 0.1) is 22.6 Å². The second-order valence-corrected chi connectivity index (χ2v) is 6.65. The second-order valence-electron chi connectivity index (χ2n) is 5.00. The van der Waals surface area contributed by atoms with Crippen LogP contribution >= 0.6 is 31.9 Å². The number of carbonyl (C=O) groups is 3. The number of H-pyrrole nitrogens is 1. The number of ether oxygens (including phenoxy) is 1. The molecule has 3 N–H and O–H groups in total. The highest BCUT2D eigenvalue weighted by Gasteiger charge is 2.12. The van der Waals surface area contributed by atoms with Gasteiger partial charge in [0, 0.05) is 17.8 Å². The van der Waals surface area contributed by atoms with Crippen molar-refractivity contribution >= 4 is 61.0 Å². The Morgan fingerprint density at radius 2 is 1.64 bits per heavy atom. The fraction of sp³-hybridized carbons (Fsp3) is 0.188. The van der Waals surface area contributed by atoms with Crippen LogP contribution in [-0.2, 0) is 14.3 Å². The van der Waals surface area contributed by atoms with Crippen LogP contribution in [0.3, 0.4) is 0 Å². The van der Waals surface area contributed by atoms with Crippen molar-refractivity contribution in [2.45, 2.75) is 12.8 Å². The lowest BCUT2D eigenvalue weighted by Crippen LogP contribution is -2.14. The molecule has 132 valence electrons. The number of rotatable bonds is 6. The third-order valence-corrected chi connectivity index (χ3v) is 4.96. The molecule has 0 aliphatic heterocycles. The molecule has 9 heteroatoms. The lowest BCUT2D eigenvalue weighted by molar-refractivity contribution is -0.141. The van der Waals surface area contributed by atoms with E-state index in [1.807, 2.05) is 0 Å². The highest BCUT2D eigenvalue weighted by Crippen LogP contribution is 2.23. The Labute approximate surface area is 160 Å². The molecule has 0 bridgehead atoms. The van der Waals surface area contributed by atoms with Crippen molar-refractivity contribution in [2.24, 2.45) is 0 Å². The monoisotopic (exact) mass is 471 g/mol. The highest BCUT2D eigenvalue weighted by atomic mass is 79.9. The van der Waals surface area contributed by atoms with Gasteiger partial charge in [0.15, 0.2) is 0 Å². The molecule has 0 saturated carbocycles. The number of nitrogens with one attached hydrogen (secondary N) is 3. The molecule has 2 amide bonds. The summed E-state index contributed by atoms with van der Waals surface area (Å²) >= 11 is 6.58. The van der Waals surface area contributed by atoms with Gasteiger partial charge >= 0.3 is 5.97 Å². The number of hydrogen-bond donors (Lipinski definition) is 3. The zero-order valence-corrected chi connectivity index (χ0v) is 16.4. The van der Waals surface area contributed by atoms with Crippen molar-refractivity contribution in [2.75, 3.05) is 17.7 Å². The summed E-state index contributed by atoms with van der Waals surface area (Å²) in [7, 11) is 1.28. The number of methoxy groups -OCH3 is 1. The number of anilines is 2. The van der Waals surface area contributed by atoms with Crippen LogP contribution in [0.4, 0.5) is 11.4 Å². The van der Waals surface area contributed by atoms with Gasteiger partial charge < -0.3 is 20.4 Å². The van der Waals surface area contributed by atoms with Crippen LogP contribution < -0.4 is 10.6 Å². The highest BCUT2D eigenvalue weighted by molar-refractivity contribution is 9.13. The normalized spacial score (nSPS) is 10.2. The number of hydrogen-bond acceptors (Lipinski definition) is 4. The standard InChI is InChI=1S/C16H15Br2N3O4/c1-25-14(23)7-6-13(22)19-9-2-4-10(5-3-9)20-16(24)12-8-11(17)15(18)21-12/h2-5,8,21H,6-7H2,1H3,(H,19,22)(H,20,24). The van der Waals surface area contributed by atoms with Crippen LogP contribution in [0.25, 0.3) is 0 Å². The Bertz CT molecular complexity index is 768. The van der Waals surface area contributed by atoms with E-state index in [4.69, 9.17) is 0 Å². The molecule has 0 radical (unpaired) electrons. The maximum Gasteiger partial charge on any atom is 0.306 e. The zero-order valence-electron chi connectivity index (χ0n) is 13.2. The van der Waals surface area contributed by atoms with Crippen molar-refractivity contribution in [3.05, 3.63) is 45.1 Å². The smallest absolute Gasteiger partial charge is 0.306 e. The predicted octanol–water partition coefficient (Wildman–Crippen LogP) is 3.68. The van der Waals surface area contributed by atoms with Crippen molar-refractivity contribution < 1.29 is 19.1 Å². The van der Waals surface area contributed by atoms with Crippen molar-refractivity contribution in [1.82, 2.24) is 4.98 Å². The van der Waals surface area contributed by atoms with E-state index in [-0.39, 0.29) is 24.7 Å². The predicted molar refractivity (Wildman–Crippen MR) is 100 cm³/mol. The molecule has 0 aliphatic rings. The molecule has 2 rings (SSSR count). The number of amides is 2. The molecule has 7 nitrogen and oxygen atoms in total. The van der Waals surface area contributed by atoms with Gasteiger partial charge in [-0.15, -0.1) is 0 Å². The SMILES string of the molecule is COC(=O)CCC(=O)Nc1ccc(NC(=O)c2cc(Br)c(Br)[nH]2)cc1. The van der Waals surface area contributed by atoms with Gasteiger partial charge in [0.2, 0.25) is 5.91 Å². The second kappa shape index (κ2) is 8.82. The number of halogens is 2. The Balaban J connectivity index is 1.90. The molecule has 0 unspecified atom stereocenters. The maximum absolute atomic E-state index is 12.1. The topological polar surface area (TPSA) is 100 Å². The van der Waals surface area contributed by atoms with Gasteiger partial charge in [0.1, 0.15) is 5.69 Å². The van der Waals surface area contributed by atoms with Gasteiger partial charge in [-0.05, 0) is 62.2 Å². The van der Waals surface area contributed by atoms with E-state index < -0.39 is 5.97 Å². The fourth-order valence-corrected chi connectivity index (χ4v) is 2.56. The number of benzene rings is 1. The number of aromatic nitrogens is 1. The van der Waals surface area contributed by atoms with E-state index in [0.29, 0.717) is 21.7 Å². The van der Waals surface area contributed by atoms with E-state index in [2.05, 4.69) is 52.2 Å². The molecule has 0 aliphatic carbocycles. The summed E-state index contributed by atoms with van der Waals surface area (Å²) in [6, 6.07) is 8.31. The third kappa shape index (κ3) is 5.71. The summed E-state index contributed by atoms with van der Waals surface area (Å²) < 4.78 is 5.92. The Kier molecular flexibility index (Phi) is 6.77. The van der Waals surface area contributed by atoms with E-state index in [1.54, 1.807) is 30.3 Å². The molecule has 0 fully saturated rings. The van der Waals surface area contributed by atoms with Gasteiger partial charge in [-0.25, -0.2) is 0 Å². The quantitative estimate of drug-likeness (QED) is 0.558. The first-order valence-corrected chi connectivity index (χ1v) is 8.79. The maximum atomic E-state index is 12.1. The average Bonchev–Trinajstić information content (AvgIpc) is 2.93. The van der Waals surface area contributed by atoms with Crippen LogP contribution in [0.5, 0.6) is 0 Å². The lowest BCUT2D eigenvalue weighted by Gasteiger charge is -2.07. The minimum atomic E-state index is -0.434. The molecule has 1 heterocycles. The Hall–Kier alpha value is -2.13. The molecule has 0 saturated heterocycles. The molecule has 1 aromatic carbocycles.